The number of carbonyl (C=O) groups is 2. The maximum Gasteiger partial charge on any atom is 0.329 e. The highest BCUT2D eigenvalue weighted by Gasteiger charge is 2.40. The highest BCUT2D eigenvalue weighted by Crippen LogP contribution is 2.40. The maximum atomic E-state index is 12.9. The zero-order valence-electron chi connectivity index (χ0n) is 19.9. The summed E-state index contributed by atoms with van der Waals surface area (Å²) in [5.41, 5.74) is -0.601. The average Bonchev–Trinajstić information content (AvgIpc) is 3.52. The first-order valence-electron chi connectivity index (χ1n) is 11.3. The monoisotopic (exact) mass is 499 g/mol. The zero-order chi connectivity index (χ0) is 25.1. The number of ether oxygens (including phenoxy) is 2. The Morgan fingerprint density at radius 1 is 1.21 bits per heavy atom. The molecule has 1 aromatic rings. The minimum absolute atomic E-state index is 0.0582. The van der Waals surface area contributed by atoms with Crippen LogP contribution in [0.5, 0.6) is 5.88 Å². The molecule has 2 unspecified atom stereocenters. The van der Waals surface area contributed by atoms with Gasteiger partial charge in [-0.3, -0.25) is 8.98 Å². The van der Waals surface area contributed by atoms with Crippen molar-refractivity contribution in [2.75, 3.05) is 44.6 Å². The molecular formula is C22H33N3O8S. The Kier molecular flexibility index (Phi) is 8.04. The van der Waals surface area contributed by atoms with Crippen molar-refractivity contribution in [1.82, 2.24) is 10.3 Å². The molecule has 2 fully saturated rings. The van der Waals surface area contributed by atoms with Crippen LogP contribution in [0.3, 0.4) is 0 Å². The Balaban J connectivity index is 1.73. The third kappa shape index (κ3) is 6.16. The van der Waals surface area contributed by atoms with Crippen LogP contribution in [0, 0.1) is 11.8 Å². The van der Waals surface area contributed by atoms with Gasteiger partial charge in [0.15, 0.2) is 0 Å². The number of hydrogen-bond donors (Lipinski definition) is 2. The molecule has 1 aromatic heterocycles. The number of aromatic nitrogens is 1. The van der Waals surface area contributed by atoms with E-state index in [9.17, 15) is 23.1 Å². The van der Waals surface area contributed by atoms with Crippen molar-refractivity contribution in [2.45, 2.75) is 44.8 Å². The van der Waals surface area contributed by atoms with Crippen LogP contribution >= 0.6 is 0 Å². The maximum absolute atomic E-state index is 12.9. The standard InChI is InChI=1S/C22H33N3O8S/c1-5-22(6-2,21(27)28)24-19(26)17-7-8-18(25-10-16(11-25)31-3)20(23-17)32-12-14-9-15(14)13-33-34(4,29)30/h7-8,14-16H,5-6,9-13H2,1-4H3,(H,24,26)(H,27,28). The van der Waals surface area contributed by atoms with Gasteiger partial charge in [0.2, 0.25) is 5.88 Å². The van der Waals surface area contributed by atoms with Gasteiger partial charge in [0.25, 0.3) is 16.0 Å². The van der Waals surface area contributed by atoms with Crippen LogP contribution < -0.4 is 15.0 Å². The van der Waals surface area contributed by atoms with Crippen molar-refractivity contribution < 1.29 is 36.8 Å². The third-order valence-electron chi connectivity index (χ3n) is 6.56. The van der Waals surface area contributed by atoms with Gasteiger partial charge >= 0.3 is 5.97 Å². The molecule has 2 aliphatic rings. The third-order valence-corrected chi connectivity index (χ3v) is 7.13. The van der Waals surface area contributed by atoms with Crippen LogP contribution in [-0.4, -0.2) is 81.7 Å². The zero-order valence-corrected chi connectivity index (χ0v) is 20.8. The van der Waals surface area contributed by atoms with Gasteiger partial charge in [0, 0.05) is 20.2 Å². The lowest BCUT2D eigenvalue weighted by atomic mass is 9.92. The van der Waals surface area contributed by atoms with Gasteiger partial charge in [0.1, 0.15) is 16.9 Å². The van der Waals surface area contributed by atoms with E-state index in [-0.39, 0.29) is 49.0 Å². The summed E-state index contributed by atoms with van der Waals surface area (Å²) in [5, 5.41) is 12.2. The molecule has 2 heterocycles. The number of pyridine rings is 1. The quantitative estimate of drug-likeness (QED) is 0.381. The van der Waals surface area contributed by atoms with E-state index >= 15 is 0 Å². The minimum Gasteiger partial charge on any atom is -0.480 e. The first-order valence-corrected chi connectivity index (χ1v) is 13.2. The minimum atomic E-state index is -3.49. The van der Waals surface area contributed by atoms with E-state index in [1.165, 1.54) is 0 Å². The number of methoxy groups -OCH3 is 1. The van der Waals surface area contributed by atoms with Crippen LogP contribution in [-0.2, 0) is 23.8 Å². The second-order valence-electron chi connectivity index (χ2n) is 8.89. The number of aliphatic carboxylic acids is 1. The molecule has 1 aliphatic heterocycles. The van der Waals surface area contributed by atoms with Crippen LogP contribution in [0.15, 0.2) is 12.1 Å². The first-order chi connectivity index (χ1) is 16.0. The molecule has 11 nitrogen and oxygen atoms in total. The molecule has 0 radical (unpaired) electrons. The fraction of sp³-hybridized carbons (Fsp3) is 0.682. The molecule has 0 spiro atoms. The summed E-state index contributed by atoms with van der Waals surface area (Å²) in [6, 6.07) is 3.29. The Morgan fingerprint density at radius 2 is 1.85 bits per heavy atom. The van der Waals surface area contributed by atoms with Crippen molar-refractivity contribution >= 4 is 27.7 Å². The molecule has 2 N–H and O–H groups in total. The molecule has 0 aromatic carbocycles. The predicted octanol–water partition coefficient (Wildman–Crippen LogP) is 1.28. The highest BCUT2D eigenvalue weighted by atomic mass is 32.2. The van der Waals surface area contributed by atoms with E-state index in [1.807, 2.05) is 4.90 Å². The van der Waals surface area contributed by atoms with E-state index < -0.39 is 27.5 Å². The van der Waals surface area contributed by atoms with Crippen molar-refractivity contribution in [3.8, 4) is 5.88 Å². The Hall–Kier alpha value is -2.44. The van der Waals surface area contributed by atoms with Crippen molar-refractivity contribution in [2.24, 2.45) is 11.8 Å². The number of nitrogens with one attached hydrogen (secondary N) is 1. The highest BCUT2D eigenvalue weighted by molar-refractivity contribution is 7.85. The average molecular weight is 500 g/mol. The Morgan fingerprint density at radius 3 is 2.41 bits per heavy atom. The smallest absolute Gasteiger partial charge is 0.329 e. The lowest BCUT2D eigenvalue weighted by Crippen LogP contribution is -2.54. The molecule has 0 bridgehead atoms. The van der Waals surface area contributed by atoms with Gasteiger partial charge in [-0.25, -0.2) is 9.78 Å². The second-order valence-corrected chi connectivity index (χ2v) is 10.5. The first kappa shape index (κ1) is 26.2. The molecule has 12 heteroatoms. The van der Waals surface area contributed by atoms with Crippen LogP contribution in [0.1, 0.15) is 43.6 Å². The van der Waals surface area contributed by atoms with Gasteiger partial charge in [-0.05, 0) is 43.2 Å². The number of hydrogen-bond acceptors (Lipinski definition) is 9. The number of nitrogens with zero attached hydrogens (tertiary/aromatic N) is 2. The number of carboxylic acid groups (broad SMARTS) is 1. The van der Waals surface area contributed by atoms with Crippen LogP contribution in [0.2, 0.25) is 0 Å². The number of rotatable bonds is 13. The van der Waals surface area contributed by atoms with Gasteiger partial charge < -0.3 is 24.8 Å². The van der Waals surface area contributed by atoms with Crippen molar-refractivity contribution in [3.05, 3.63) is 17.8 Å². The molecular weight excluding hydrogens is 466 g/mol. The summed E-state index contributed by atoms with van der Waals surface area (Å²) >= 11 is 0. The Labute approximate surface area is 199 Å². The van der Waals surface area contributed by atoms with E-state index in [1.54, 1.807) is 33.1 Å². The van der Waals surface area contributed by atoms with Gasteiger partial charge in [-0.1, -0.05) is 13.8 Å². The summed E-state index contributed by atoms with van der Waals surface area (Å²) in [5.74, 6) is -1.22. The largest absolute Gasteiger partial charge is 0.480 e. The molecule has 34 heavy (non-hydrogen) atoms. The Bertz CT molecular complexity index is 1010. The molecule has 2 atom stereocenters. The number of amides is 1. The summed E-state index contributed by atoms with van der Waals surface area (Å²) in [7, 11) is -1.84. The van der Waals surface area contributed by atoms with E-state index in [0.29, 0.717) is 25.4 Å². The van der Waals surface area contributed by atoms with Gasteiger partial charge in [0.05, 0.1) is 25.6 Å². The van der Waals surface area contributed by atoms with Crippen LogP contribution in [0.4, 0.5) is 5.69 Å². The number of carboxylic acids is 1. The van der Waals surface area contributed by atoms with Crippen molar-refractivity contribution in [3.63, 3.8) is 0 Å². The number of carbonyl (C=O) groups excluding carboxylic acids is 1. The number of anilines is 1. The summed E-state index contributed by atoms with van der Waals surface area (Å²) in [6.07, 6.45) is 2.36. The summed E-state index contributed by atoms with van der Waals surface area (Å²) in [4.78, 5) is 31.1. The lowest BCUT2D eigenvalue weighted by molar-refractivity contribution is -0.144. The van der Waals surface area contributed by atoms with Crippen LogP contribution in [0.25, 0.3) is 0 Å². The molecule has 1 saturated carbocycles. The van der Waals surface area contributed by atoms with Gasteiger partial charge in [-0.15, -0.1) is 0 Å². The molecule has 1 amide bonds. The van der Waals surface area contributed by atoms with E-state index in [2.05, 4.69) is 10.3 Å². The van der Waals surface area contributed by atoms with E-state index in [0.717, 1.165) is 12.7 Å². The van der Waals surface area contributed by atoms with E-state index in [4.69, 9.17) is 13.7 Å². The molecule has 3 rings (SSSR count). The summed E-state index contributed by atoms with van der Waals surface area (Å²) < 4.78 is 38.6. The molecule has 190 valence electrons. The van der Waals surface area contributed by atoms with Crippen molar-refractivity contribution in [1.29, 1.82) is 0 Å². The normalized spacial score (nSPS) is 20.5. The predicted molar refractivity (Wildman–Crippen MR) is 124 cm³/mol. The molecule has 1 aliphatic carbocycles. The molecule has 1 saturated heterocycles. The lowest BCUT2D eigenvalue weighted by Gasteiger charge is -2.40. The van der Waals surface area contributed by atoms with Gasteiger partial charge in [-0.2, -0.15) is 8.42 Å². The second kappa shape index (κ2) is 10.4. The fourth-order valence-corrected chi connectivity index (χ4v) is 4.29. The fourth-order valence-electron chi connectivity index (χ4n) is 3.87. The topological polar surface area (TPSA) is 144 Å². The summed E-state index contributed by atoms with van der Waals surface area (Å²) in [6.45, 7) is 5.14. The SMILES string of the molecule is CCC(CC)(NC(=O)c1ccc(N2CC(OC)C2)c(OCC2CC2COS(C)(=O)=O)n1)C(=O)O.